The first-order valence-electron chi connectivity index (χ1n) is 3.80. The molecule has 0 bridgehead atoms. The van der Waals surface area contributed by atoms with Crippen molar-refractivity contribution in [2.24, 2.45) is 5.92 Å². The van der Waals surface area contributed by atoms with Gasteiger partial charge in [0.2, 0.25) is 0 Å². The summed E-state index contributed by atoms with van der Waals surface area (Å²) >= 11 is 0. The van der Waals surface area contributed by atoms with Crippen LogP contribution in [-0.4, -0.2) is 10.2 Å². The van der Waals surface area contributed by atoms with Gasteiger partial charge >= 0.3 is 0 Å². The SMILES string of the molecule is CC(C)C.O=c1ccc(=O)[nH][nH]1. The van der Waals surface area contributed by atoms with Crippen LogP contribution in [0.2, 0.25) is 0 Å². The molecule has 12 heavy (non-hydrogen) atoms. The molecule has 0 saturated heterocycles. The van der Waals surface area contributed by atoms with Crippen molar-refractivity contribution in [1.82, 2.24) is 10.2 Å². The third-order valence-corrected chi connectivity index (χ3v) is 0.695. The van der Waals surface area contributed by atoms with Crippen molar-refractivity contribution >= 4 is 0 Å². The predicted molar refractivity (Wildman–Crippen MR) is 48.2 cm³/mol. The Morgan fingerprint density at radius 3 is 1.42 bits per heavy atom. The molecule has 0 radical (unpaired) electrons. The molecule has 0 amide bonds. The Labute approximate surface area is 70.6 Å². The number of aromatic amines is 2. The Morgan fingerprint density at radius 2 is 1.25 bits per heavy atom. The van der Waals surface area contributed by atoms with Crippen LogP contribution in [0.25, 0.3) is 0 Å². The zero-order valence-electron chi connectivity index (χ0n) is 7.55. The van der Waals surface area contributed by atoms with Gasteiger partial charge in [-0.3, -0.25) is 19.8 Å². The van der Waals surface area contributed by atoms with Gasteiger partial charge in [0.15, 0.2) is 0 Å². The average Bonchev–Trinajstić information content (AvgIpc) is 1.94. The lowest BCUT2D eigenvalue weighted by molar-refractivity contribution is 0.737. The van der Waals surface area contributed by atoms with Gasteiger partial charge in [0.1, 0.15) is 0 Å². The normalized spacial score (nSPS) is 9.00. The summed E-state index contributed by atoms with van der Waals surface area (Å²) in [5.74, 6) is 0.833. The van der Waals surface area contributed by atoms with E-state index in [0.717, 1.165) is 5.92 Å². The fourth-order valence-corrected chi connectivity index (χ4v) is 0.358. The van der Waals surface area contributed by atoms with Crippen LogP contribution in [0.4, 0.5) is 0 Å². The van der Waals surface area contributed by atoms with Crippen LogP contribution in [0.1, 0.15) is 20.8 Å². The molecule has 1 rings (SSSR count). The quantitative estimate of drug-likeness (QED) is 0.602. The van der Waals surface area contributed by atoms with E-state index in [2.05, 4.69) is 31.0 Å². The molecule has 2 N–H and O–H groups in total. The highest BCUT2D eigenvalue weighted by Crippen LogP contribution is 1.81. The van der Waals surface area contributed by atoms with E-state index in [-0.39, 0.29) is 11.1 Å². The number of hydrogen-bond acceptors (Lipinski definition) is 2. The van der Waals surface area contributed by atoms with Gasteiger partial charge in [0.05, 0.1) is 0 Å². The summed E-state index contributed by atoms with van der Waals surface area (Å²) in [4.78, 5) is 20.4. The Morgan fingerprint density at radius 1 is 1.00 bits per heavy atom. The minimum atomic E-state index is -0.301. The Kier molecular flexibility index (Phi) is 4.76. The largest absolute Gasteiger partial charge is 0.268 e. The van der Waals surface area contributed by atoms with E-state index in [1.807, 2.05) is 0 Å². The van der Waals surface area contributed by atoms with E-state index in [1.54, 1.807) is 0 Å². The van der Waals surface area contributed by atoms with Gasteiger partial charge in [0, 0.05) is 12.1 Å². The lowest BCUT2D eigenvalue weighted by Crippen LogP contribution is -2.14. The van der Waals surface area contributed by atoms with Gasteiger partial charge in [0.25, 0.3) is 11.1 Å². The minimum Gasteiger partial charge on any atom is -0.268 e. The molecule has 0 atom stereocenters. The molecule has 0 saturated carbocycles. The van der Waals surface area contributed by atoms with Gasteiger partial charge in [-0.05, 0) is 5.92 Å². The zero-order chi connectivity index (χ0) is 9.56. The van der Waals surface area contributed by atoms with Crippen LogP contribution in [0, 0.1) is 5.92 Å². The summed E-state index contributed by atoms with van der Waals surface area (Å²) in [5.41, 5.74) is -0.603. The fourth-order valence-electron chi connectivity index (χ4n) is 0.358. The van der Waals surface area contributed by atoms with Crippen molar-refractivity contribution in [2.75, 3.05) is 0 Å². The maximum atomic E-state index is 10.2. The van der Waals surface area contributed by atoms with Gasteiger partial charge in [-0.15, -0.1) is 0 Å². The first-order valence-corrected chi connectivity index (χ1v) is 3.80. The monoisotopic (exact) mass is 170 g/mol. The summed E-state index contributed by atoms with van der Waals surface area (Å²) in [5, 5.41) is 4.21. The molecule has 0 aliphatic carbocycles. The smallest absolute Gasteiger partial charge is 0.262 e. The Hall–Kier alpha value is -1.32. The molecule has 0 spiro atoms. The average molecular weight is 170 g/mol. The molecule has 4 nitrogen and oxygen atoms in total. The van der Waals surface area contributed by atoms with Gasteiger partial charge in [-0.25, -0.2) is 0 Å². The molecule has 68 valence electrons. The van der Waals surface area contributed by atoms with Crippen LogP contribution in [0.15, 0.2) is 21.7 Å². The molecule has 0 aliphatic heterocycles. The van der Waals surface area contributed by atoms with Gasteiger partial charge < -0.3 is 0 Å². The number of hydrogen-bond donors (Lipinski definition) is 2. The van der Waals surface area contributed by atoms with Gasteiger partial charge in [-0.2, -0.15) is 0 Å². The van der Waals surface area contributed by atoms with E-state index in [4.69, 9.17) is 0 Å². The highest BCUT2D eigenvalue weighted by molar-refractivity contribution is 4.82. The van der Waals surface area contributed by atoms with Gasteiger partial charge in [-0.1, -0.05) is 20.8 Å². The van der Waals surface area contributed by atoms with Crippen molar-refractivity contribution in [3.63, 3.8) is 0 Å². The summed E-state index contributed by atoms with van der Waals surface area (Å²) in [7, 11) is 0. The van der Waals surface area contributed by atoms with E-state index in [0.29, 0.717) is 0 Å². The lowest BCUT2D eigenvalue weighted by Gasteiger charge is -1.79. The lowest BCUT2D eigenvalue weighted by atomic mass is 10.3. The standard InChI is InChI=1S/C4H4N2O2.C4H10/c7-3-1-2-4(8)6-5-3;1-4(2)3/h1-2H,(H,5,7)(H,6,8);4H,1-3H3. The second-order valence-electron chi connectivity index (χ2n) is 3.04. The first kappa shape index (κ1) is 10.7. The predicted octanol–water partition coefficient (Wildman–Crippen LogP) is 0.725. The fraction of sp³-hybridized carbons (Fsp3) is 0.500. The number of aromatic nitrogens is 2. The summed E-state index contributed by atoms with van der Waals surface area (Å²) in [6.45, 7) is 6.50. The van der Waals surface area contributed by atoms with Crippen LogP contribution in [0.3, 0.4) is 0 Å². The molecular formula is C8H14N2O2. The molecule has 0 unspecified atom stereocenters. The maximum absolute atomic E-state index is 10.2. The van der Waals surface area contributed by atoms with Crippen LogP contribution in [-0.2, 0) is 0 Å². The highest BCUT2D eigenvalue weighted by atomic mass is 16.1. The summed E-state index contributed by atoms with van der Waals surface area (Å²) in [6, 6.07) is 2.33. The van der Waals surface area contributed by atoms with E-state index in [1.165, 1.54) is 12.1 Å². The third-order valence-electron chi connectivity index (χ3n) is 0.695. The number of H-pyrrole nitrogens is 2. The van der Waals surface area contributed by atoms with Crippen LogP contribution >= 0.6 is 0 Å². The third kappa shape index (κ3) is 6.80. The molecule has 1 aromatic heterocycles. The van der Waals surface area contributed by atoms with Crippen molar-refractivity contribution in [2.45, 2.75) is 20.8 Å². The van der Waals surface area contributed by atoms with Crippen LogP contribution in [0.5, 0.6) is 0 Å². The molecule has 0 fully saturated rings. The minimum absolute atomic E-state index is 0.301. The number of nitrogens with one attached hydrogen (secondary N) is 2. The van der Waals surface area contributed by atoms with Crippen molar-refractivity contribution < 1.29 is 0 Å². The van der Waals surface area contributed by atoms with Crippen molar-refractivity contribution in [3.05, 3.63) is 32.8 Å². The van der Waals surface area contributed by atoms with E-state index < -0.39 is 0 Å². The molecular weight excluding hydrogens is 156 g/mol. The topological polar surface area (TPSA) is 65.7 Å². The molecule has 1 heterocycles. The Bertz CT molecular complexity index is 256. The molecule has 4 heteroatoms. The number of rotatable bonds is 0. The molecule has 0 aromatic carbocycles. The molecule has 1 aromatic rings. The van der Waals surface area contributed by atoms with E-state index >= 15 is 0 Å². The second kappa shape index (κ2) is 5.35. The van der Waals surface area contributed by atoms with E-state index in [9.17, 15) is 9.59 Å². The Balaban J connectivity index is 0.000000261. The second-order valence-corrected chi connectivity index (χ2v) is 3.04. The summed E-state index contributed by atoms with van der Waals surface area (Å²) in [6.07, 6.45) is 0. The van der Waals surface area contributed by atoms with Crippen molar-refractivity contribution in [3.8, 4) is 0 Å². The van der Waals surface area contributed by atoms with Crippen molar-refractivity contribution in [1.29, 1.82) is 0 Å². The maximum Gasteiger partial charge on any atom is 0.262 e. The highest BCUT2D eigenvalue weighted by Gasteiger charge is 1.77. The zero-order valence-corrected chi connectivity index (χ0v) is 7.55. The summed E-state index contributed by atoms with van der Waals surface area (Å²) < 4.78 is 0. The van der Waals surface area contributed by atoms with Crippen LogP contribution < -0.4 is 11.1 Å². The molecule has 0 aliphatic rings. The first-order chi connectivity index (χ1) is 5.52.